The molecule has 2 atom stereocenters. The van der Waals surface area contributed by atoms with Gasteiger partial charge in [0, 0.05) is 18.3 Å². The lowest BCUT2D eigenvalue weighted by Gasteiger charge is -2.39. The third kappa shape index (κ3) is 5.89. The number of nitrogens with one attached hydrogen (secondary N) is 2. The number of benzene rings is 1. The number of hydrogen-bond acceptors (Lipinski definition) is 3. The van der Waals surface area contributed by atoms with E-state index in [4.69, 9.17) is 4.74 Å². The van der Waals surface area contributed by atoms with E-state index in [-0.39, 0.29) is 23.9 Å². The van der Waals surface area contributed by atoms with Gasteiger partial charge in [-0.3, -0.25) is 0 Å². The first-order valence-electron chi connectivity index (χ1n) is 8.98. The van der Waals surface area contributed by atoms with Crippen LogP contribution in [0.25, 0.3) is 0 Å². The van der Waals surface area contributed by atoms with Crippen LogP contribution in [0.4, 0.5) is 19.7 Å². The molecule has 2 N–H and O–H groups in total. The van der Waals surface area contributed by atoms with E-state index in [9.17, 15) is 14.0 Å². The molecule has 1 heterocycles. The number of urea groups is 1. The Morgan fingerprint density at radius 1 is 1.23 bits per heavy atom. The SMILES string of the molecule is C[C@@H](NC(=O)OC(C)(C)C)[C@@H]1CCCCN1C(=O)Nc1ccc(F)cc1. The van der Waals surface area contributed by atoms with E-state index in [0.29, 0.717) is 12.2 Å². The van der Waals surface area contributed by atoms with E-state index >= 15 is 0 Å². The second-order valence-electron chi connectivity index (χ2n) is 7.63. The van der Waals surface area contributed by atoms with Crippen LogP contribution in [0, 0.1) is 5.82 Å². The van der Waals surface area contributed by atoms with E-state index in [1.54, 1.807) is 25.7 Å². The summed E-state index contributed by atoms with van der Waals surface area (Å²) in [6, 6.07) is 5.02. The van der Waals surface area contributed by atoms with Crippen molar-refractivity contribution in [1.82, 2.24) is 10.2 Å². The van der Waals surface area contributed by atoms with Gasteiger partial charge in [-0.2, -0.15) is 0 Å². The molecule has 0 aliphatic carbocycles. The number of likely N-dealkylation sites (tertiary alicyclic amines) is 1. The second kappa shape index (κ2) is 8.38. The fraction of sp³-hybridized carbons (Fsp3) is 0.579. The van der Waals surface area contributed by atoms with Crippen LogP contribution in [0.5, 0.6) is 0 Å². The normalized spacial score (nSPS) is 18.8. The predicted octanol–water partition coefficient (Wildman–Crippen LogP) is 4.13. The maximum Gasteiger partial charge on any atom is 0.407 e. The summed E-state index contributed by atoms with van der Waals surface area (Å²) in [5.41, 5.74) is -0.0378. The largest absolute Gasteiger partial charge is 0.444 e. The van der Waals surface area contributed by atoms with Crippen LogP contribution in [0.3, 0.4) is 0 Å². The number of carbonyl (C=O) groups is 2. The van der Waals surface area contributed by atoms with Gasteiger partial charge >= 0.3 is 12.1 Å². The predicted molar refractivity (Wildman–Crippen MR) is 98.6 cm³/mol. The van der Waals surface area contributed by atoms with Crippen LogP contribution in [0.1, 0.15) is 47.0 Å². The van der Waals surface area contributed by atoms with Gasteiger partial charge in [-0.1, -0.05) is 0 Å². The molecule has 1 aromatic rings. The molecule has 0 radical (unpaired) electrons. The van der Waals surface area contributed by atoms with Crippen molar-refractivity contribution in [3.05, 3.63) is 30.1 Å². The van der Waals surface area contributed by atoms with Gasteiger partial charge < -0.3 is 20.3 Å². The molecule has 6 nitrogen and oxygen atoms in total. The zero-order valence-electron chi connectivity index (χ0n) is 15.8. The molecule has 7 heteroatoms. The molecule has 0 saturated carbocycles. The molecular weight excluding hydrogens is 337 g/mol. The van der Waals surface area contributed by atoms with Crippen molar-refractivity contribution in [3.8, 4) is 0 Å². The summed E-state index contributed by atoms with van der Waals surface area (Å²) < 4.78 is 18.3. The van der Waals surface area contributed by atoms with Crippen molar-refractivity contribution in [1.29, 1.82) is 0 Å². The Kier molecular flexibility index (Phi) is 6.45. The Morgan fingerprint density at radius 3 is 2.50 bits per heavy atom. The van der Waals surface area contributed by atoms with Crippen LogP contribution in [-0.4, -0.2) is 41.3 Å². The Hall–Kier alpha value is -2.31. The van der Waals surface area contributed by atoms with E-state index in [0.717, 1.165) is 19.3 Å². The molecule has 0 aromatic heterocycles. The molecular formula is C19H28FN3O3. The van der Waals surface area contributed by atoms with Crippen molar-refractivity contribution in [2.24, 2.45) is 0 Å². The molecule has 0 bridgehead atoms. The number of piperidine rings is 1. The number of ether oxygens (including phenoxy) is 1. The van der Waals surface area contributed by atoms with Gasteiger partial charge in [-0.15, -0.1) is 0 Å². The van der Waals surface area contributed by atoms with Crippen LogP contribution < -0.4 is 10.6 Å². The molecule has 26 heavy (non-hydrogen) atoms. The first-order chi connectivity index (χ1) is 12.2. The minimum atomic E-state index is -0.573. The highest BCUT2D eigenvalue weighted by molar-refractivity contribution is 5.89. The maximum atomic E-state index is 13.0. The third-order valence-electron chi connectivity index (χ3n) is 4.23. The monoisotopic (exact) mass is 365 g/mol. The number of anilines is 1. The van der Waals surface area contributed by atoms with Gasteiger partial charge in [0.15, 0.2) is 0 Å². The number of amides is 3. The molecule has 0 unspecified atom stereocenters. The van der Waals surface area contributed by atoms with Gasteiger partial charge in [0.05, 0.1) is 6.04 Å². The van der Waals surface area contributed by atoms with E-state index in [1.807, 2.05) is 6.92 Å². The van der Waals surface area contributed by atoms with Crippen LogP contribution in [0.2, 0.25) is 0 Å². The molecule has 1 aliphatic rings. The van der Waals surface area contributed by atoms with Crippen molar-refractivity contribution >= 4 is 17.8 Å². The number of carbonyl (C=O) groups excluding carboxylic acids is 2. The van der Waals surface area contributed by atoms with Gasteiger partial charge in [-0.25, -0.2) is 14.0 Å². The number of alkyl carbamates (subject to hydrolysis) is 1. The quantitative estimate of drug-likeness (QED) is 0.846. The second-order valence-corrected chi connectivity index (χ2v) is 7.63. The highest BCUT2D eigenvalue weighted by atomic mass is 19.1. The minimum Gasteiger partial charge on any atom is -0.444 e. The summed E-state index contributed by atoms with van der Waals surface area (Å²) in [7, 11) is 0. The zero-order valence-corrected chi connectivity index (χ0v) is 15.8. The number of nitrogens with zero attached hydrogens (tertiary/aromatic N) is 1. The average molecular weight is 365 g/mol. The fourth-order valence-electron chi connectivity index (χ4n) is 3.05. The summed E-state index contributed by atoms with van der Waals surface area (Å²) in [5, 5.41) is 5.62. The first kappa shape index (κ1) is 20.0. The number of halogens is 1. The lowest BCUT2D eigenvalue weighted by Crippen LogP contribution is -2.55. The third-order valence-corrected chi connectivity index (χ3v) is 4.23. The highest BCUT2D eigenvalue weighted by Gasteiger charge is 2.32. The summed E-state index contributed by atoms with van der Waals surface area (Å²) in [5.74, 6) is -0.353. The summed E-state index contributed by atoms with van der Waals surface area (Å²) >= 11 is 0. The van der Waals surface area contributed by atoms with Crippen LogP contribution >= 0.6 is 0 Å². The van der Waals surface area contributed by atoms with E-state index < -0.39 is 11.7 Å². The standard InChI is InChI=1S/C19H28FN3O3/c1-13(21-18(25)26-19(2,3)4)16-7-5-6-12-23(16)17(24)22-15-10-8-14(20)9-11-15/h8-11,13,16H,5-7,12H2,1-4H3,(H,21,25)(H,22,24)/t13-,16+/m1/s1. The number of rotatable bonds is 3. The molecule has 3 amide bonds. The lowest BCUT2D eigenvalue weighted by atomic mass is 9.97. The summed E-state index contributed by atoms with van der Waals surface area (Å²) in [6.45, 7) is 7.90. The van der Waals surface area contributed by atoms with Gasteiger partial charge in [0.25, 0.3) is 0 Å². The molecule has 2 rings (SSSR count). The minimum absolute atomic E-state index is 0.128. The Balaban J connectivity index is 2.00. The molecule has 1 aromatic carbocycles. The fourth-order valence-corrected chi connectivity index (χ4v) is 3.05. The molecule has 1 saturated heterocycles. The van der Waals surface area contributed by atoms with Crippen LogP contribution in [-0.2, 0) is 4.74 Å². The lowest BCUT2D eigenvalue weighted by molar-refractivity contribution is 0.0465. The smallest absolute Gasteiger partial charge is 0.407 e. The van der Waals surface area contributed by atoms with E-state index in [1.165, 1.54) is 24.3 Å². The van der Waals surface area contributed by atoms with Gasteiger partial charge in [-0.05, 0) is 71.2 Å². The maximum absolute atomic E-state index is 13.0. The van der Waals surface area contributed by atoms with Crippen molar-refractivity contribution < 1.29 is 18.7 Å². The van der Waals surface area contributed by atoms with Crippen molar-refractivity contribution in [3.63, 3.8) is 0 Å². The molecule has 0 spiro atoms. The summed E-state index contributed by atoms with van der Waals surface area (Å²) in [4.78, 5) is 26.4. The Bertz CT molecular complexity index is 628. The highest BCUT2D eigenvalue weighted by Crippen LogP contribution is 2.22. The molecule has 144 valence electrons. The average Bonchev–Trinajstić information content (AvgIpc) is 2.55. The zero-order chi connectivity index (χ0) is 19.3. The van der Waals surface area contributed by atoms with Gasteiger partial charge in [0.2, 0.25) is 0 Å². The molecule has 1 fully saturated rings. The van der Waals surface area contributed by atoms with Crippen LogP contribution in [0.15, 0.2) is 24.3 Å². The summed E-state index contributed by atoms with van der Waals surface area (Å²) in [6.07, 6.45) is 2.21. The van der Waals surface area contributed by atoms with Gasteiger partial charge in [0.1, 0.15) is 11.4 Å². The molecule has 1 aliphatic heterocycles. The first-order valence-corrected chi connectivity index (χ1v) is 8.98. The van der Waals surface area contributed by atoms with Crippen molar-refractivity contribution in [2.45, 2.75) is 64.6 Å². The van der Waals surface area contributed by atoms with E-state index in [2.05, 4.69) is 10.6 Å². The van der Waals surface area contributed by atoms with Crippen molar-refractivity contribution in [2.75, 3.05) is 11.9 Å². The Labute approximate surface area is 154 Å². The topological polar surface area (TPSA) is 70.7 Å². The Morgan fingerprint density at radius 2 is 1.88 bits per heavy atom. The number of hydrogen-bond donors (Lipinski definition) is 2.